The Morgan fingerprint density at radius 2 is 2.03 bits per heavy atom. The first-order valence-corrected chi connectivity index (χ1v) is 12.5. The molecular formula is C29H31N3O5. The summed E-state index contributed by atoms with van der Waals surface area (Å²) in [6, 6.07) is 17.1. The van der Waals surface area contributed by atoms with Crippen LogP contribution in [-0.4, -0.2) is 54.8 Å². The van der Waals surface area contributed by atoms with Crippen molar-refractivity contribution in [2.75, 3.05) is 20.3 Å². The number of fused-ring (bicyclic) bond motifs is 1. The monoisotopic (exact) mass is 501 g/mol. The van der Waals surface area contributed by atoms with E-state index in [1.807, 2.05) is 54.6 Å². The van der Waals surface area contributed by atoms with Crippen molar-refractivity contribution in [3.8, 4) is 22.8 Å². The maximum Gasteiger partial charge on any atom is 0.332 e. The van der Waals surface area contributed by atoms with Crippen LogP contribution in [0.4, 0.5) is 0 Å². The Labute approximate surface area is 216 Å². The first-order chi connectivity index (χ1) is 18.0. The van der Waals surface area contributed by atoms with Gasteiger partial charge in [-0.1, -0.05) is 36.4 Å². The van der Waals surface area contributed by atoms with Gasteiger partial charge in [-0.3, -0.25) is 4.79 Å². The molecule has 3 aromatic rings. The van der Waals surface area contributed by atoms with Gasteiger partial charge in [0.2, 0.25) is 5.91 Å². The second-order valence-electron chi connectivity index (χ2n) is 9.42. The molecule has 1 aliphatic heterocycles. The molecule has 1 aromatic heterocycles. The molecule has 2 aromatic carbocycles. The Morgan fingerprint density at radius 1 is 1.22 bits per heavy atom. The van der Waals surface area contributed by atoms with E-state index >= 15 is 0 Å². The van der Waals surface area contributed by atoms with Gasteiger partial charge in [0.1, 0.15) is 23.1 Å². The molecule has 1 saturated heterocycles. The first kappa shape index (κ1) is 24.8. The van der Waals surface area contributed by atoms with E-state index in [9.17, 15) is 9.59 Å². The number of benzene rings is 2. The van der Waals surface area contributed by atoms with Crippen LogP contribution in [0.5, 0.6) is 11.5 Å². The summed E-state index contributed by atoms with van der Waals surface area (Å²) < 4.78 is 17.1. The standard InChI is InChI=1S/C29H31N3O5/c1-4-19-16-29(19,28(34)36-5-2)32-27(33)25-14-21(17-30-25)37-26-15-23(18-9-7-6-8-10-18)31-24-13-20(35-3)11-12-22(24)26/h4,6-13,15,19,21,25,30H,1,5,14,16-17H2,2-3H3,(H,32,33)/t19?,21-,25+,29?/m1/s1. The van der Waals surface area contributed by atoms with Crippen molar-refractivity contribution < 1.29 is 23.8 Å². The van der Waals surface area contributed by atoms with Crippen molar-refractivity contribution in [2.45, 2.75) is 37.5 Å². The molecular weight excluding hydrogens is 470 g/mol. The lowest BCUT2D eigenvalue weighted by Gasteiger charge is -2.20. The Balaban J connectivity index is 1.34. The molecule has 1 aliphatic carbocycles. The fraction of sp³-hybridized carbons (Fsp3) is 0.345. The quantitative estimate of drug-likeness (QED) is 0.341. The largest absolute Gasteiger partial charge is 0.497 e. The lowest BCUT2D eigenvalue weighted by atomic mass is 10.1. The third kappa shape index (κ3) is 4.89. The van der Waals surface area contributed by atoms with Gasteiger partial charge in [0.05, 0.1) is 31.0 Å². The number of hydrogen-bond donors (Lipinski definition) is 2. The lowest BCUT2D eigenvalue weighted by Crippen LogP contribution is -2.51. The molecule has 37 heavy (non-hydrogen) atoms. The number of nitrogens with zero attached hydrogens (tertiary/aromatic N) is 1. The van der Waals surface area contributed by atoms with E-state index in [4.69, 9.17) is 19.2 Å². The summed E-state index contributed by atoms with van der Waals surface area (Å²) in [7, 11) is 1.62. The number of amides is 1. The van der Waals surface area contributed by atoms with E-state index in [1.165, 1.54) is 0 Å². The van der Waals surface area contributed by atoms with Crippen molar-refractivity contribution in [3.05, 3.63) is 67.3 Å². The zero-order valence-electron chi connectivity index (χ0n) is 21.0. The molecule has 2 unspecified atom stereocenters. The van der Waals surface area contributed by atoms with Gasteiger partial charge in [0.25, 0.3) is 0 Å². The summed E-state index contributed by atoms with van der Waals surface area (Å²) in [6.45, 7) is 6.29. The van der Waals surface area contributed by atoms with Crippen LogP contribution in [-0.2, 0) is 14.3 Å². The second-order valence-corrected chi connectivity index (χ2v) is 9.42. The van der Waals surface area contributed by atoms with Gasteiger partial charge in [0, 0.05) is 42.0 Å². The number of methoxy groups -OCH3 is 1. The average Bonchev–Trinajstić information content (AvgIpc) is 3.44. The van der Waals surface area contributed by atoms with Gasteiger partial charge in [-0.2, -0.15) is 0 Å². The third-order valence-electron chi connectivity index (χ3n) is 7.03. The highest BCUT2D eigenvalue weighted by atomic mass is 16.5. The second kappa shape index (κ2) is 10.2. The maximum absolute atomic E-state index is 13.1. The van der Waals surface area contributed by atoms with Gasteiger partial charge in [0.15, 0.2) is 0 Å². The number of ether oxygens (including phenoxy) is 3. The normalized spacial score (nSPS) is 24.3. The predicted octanol–water partition coefficient (Wildman–Crippen LogP) is 3.64. The number of esters is 1. The van der Waals surface area contributed by atoms with Crippen LogP contribution in [0.3, 0.4) is 0 Å². The fourth-order valence-electron chi connectivity index (χ4n) is 4.90. The minimum absolute atomic E-state index is 0.125. The van der Waals surface area contributed by atoms with Crippen molar-refractivity contribution in [2.24, 2.45) is 5.92 Å². The molecule has 8 nitrogen and oxygen atoms in total. The predicted molar refractivity (Wildman–Crippen MR) is 140 cm³/mol. The highest BCUT2D eigenvalue weighted by Gasteiger charge is 2.61. The van der Waals surface area contributed by atoms with E-state index in [0.29, 0.717) is 30.9 Å². The van der Waals surface area contributed by atoms with Crippen molar-refractivity contribution in [1.29, 1.82) is 0 Å². The van der Waals surface area contributed by atoms with Crippen molar-refractivity contribution >= 4 is 22.8 Å². The Kier molecular flexibility index (Phi) is 6.84. The van der Waals surface area contributed by atoms with E-state index in [2.05, 4.69) is 17.2 Å². The van der Waals surface area contributed by atoms with E-state index in [1.54, 1.807) is 20.1 Å². The van der Waals surface area contributed by atoms with Crippen LogP contribution in [0.2, 0.25) is 0 Å². The minimum Gasteiger partial charge on any atom is -0.497 e. The van der Waals surface area contributed by atoms with E-state index < -0.39 is 17.6 Å². The molecule has 1 amide bonds. The number of rotatable bonds is 9. The van der Waals surface area contributed by atoms with Gasteiger partial charge in [-0.15, -0.1) is 6.58 Å². The topological polar surface area (TPSA) is 98.8 Å². The maximum atomic E-state index is 13.1. The van der Waals surface area contributed by atoms with Crippen LogP contribution >= 0.6 is 0 Å². The Bertz CT molecular complexity index is 1330. The molecule has 192 valence electrons. The molecule has 8 heteroatoms. The number of hydrogen-bond acceptors (Lipinski definition) is 7. The van der Waals surface area contributed by atoms with Crippen LogP contribution in [0.1, 0.15) is 19.8 Å². The molecule has 2 heterocycles. The Hall–Kier alpha value is -3.91. The molecule has 2 N–H and O–H groups in total. The minimum atomic E-state index is -1.01. The molecule has 1 saturated carbocycles. The van der Waals surface area contributed by atoms with Gasteiger partial charge in [-0.05, 0) is 25.5 Å². The number of carbonyl (C=O) groups is 2. The number of pyridine rings is 1. The molecule has 4 atom stereocenters. The highest BCUT2D eigenvalue weighted by molar-refractivity contribution is 5.94. The van der Waals surface area contributed by atoms with Crippen LogP contribution < -0.4 is 20.1 Å². The first-order valence-electron chi connectivity index (χ1n) is 12.5. The molecule has 0 radical (unpaired) electrons. The summed E-state index contributed by atoms with van der Waals surface area (Å²) in [5, 5.41) is 7.03. The highest BCUT2D eigenvalue weighted by Crippen LogP contribution is 2.45. The molecule has 2 aliphatic rings. The summed E-state index contributed by atoms with van der Waals surface area (Å²) in [5.41, 5.74) is 1.51. The van der Waals surface area contributed by atoms with Gasteiger partial charge in [-0.25, -0.2) is 9.78 Å². The smallest absolute Gasteiger partial charge is 0.332 e. The van der Waals surface area contributed by atoms with E-state index in [0.717, 1.165) is 22.2 Å². The number of nitrogens with one attached hydrogen (secondary N) is 2. The molecule has 0 spiro atoms. The summed E-state index contributed by atoms with van der Waals surface area (Å²) >= 11 is 0. The number of aromatic nitrogens is 1. The number of carbonyl (C=O) groups excluding carboxylic acids is 2. The SMILES string of the molecule is C=CC1CC1(NC(=O)[C@@H]1C[C@@H](Oc2cc(-c3ccccc3)nc3cc(OC)ccc23)CN1)C(=O)OCC. The van der Waals surface area contributed by atoms with Crippen LogP contribution in [0.25, 0.3) is 22.2 Å². The average molecular weight is 502 g/mol. The van der Waals surface area contributed by atoms with Crippen molar-refractivity contribution in [1.82, 2.24) is 15.6 Å². The summed E-state index contributed by atoms with van der Waals surface area (Å²) in [4.78, 5) is 30.5. The zero-order valence-corrected chi connectivity index (χ0v) is 21.0. The van der Waals surface area contributed by atoms with Crippen LogP contribution in [0, 0.1) is 5.92 Å². The van der Waals surface area contributed by atoms with Gasteiger partial charge < -0.3 is 24.8 Å². The van der Waals surface area contributed by atoms with E-state index in [-0.39, 0.29) is 24.5 Å². The summed E-state index contributed by atoms with van der Waals surface area (Å²) in [6.07, 6.45) is 2.42. The third-order valence-corrected chi connectivity index (χ3v) is 7.03. The van der Waals surface area contributed by atoms with Crippen molar-refractivity contribution in [3.63, 3.8) is 0 Å². The molecule has 5 rings (SSSR count). The van der Waals surface area contributed by atoms with Gasteiger partial charge >= 0.3 is 5.97 Å². The molecule has 2 fully saturated rings. The Morgan fingerprint density at radius 3 is 2.73 bits per heavy atom. The van der Waals surface area contributed by atoms with Crippen LogP contribution in [0.15, 0.2) is 67.3 Å². The summed E-state index contributed by atoms with van der Waals surface area (Å²) in [5.74, 6) is 0.629. The zero-order chi connectivity index (χ0) is 26.0. The fourth-order valence-corrected chi connectivity index (χ4v) is 4.90. The lowest BCUT2D eigenvalue weighted by molar-refractivity contribution is -0.149. The molecule has 0 bridgehead atoms.